The Bertz CT molecular complexity index is 1030. The van der Waals surface area contributed by atoms with Crippen molar-refractivity contribution in [1.29, 1.82) is 0 Å². The molecular weight excluding hydrogens is 366 g/mol. The van der Waals surface area contributed by atoms with Gasteiger partial charge in [-0.15, -0.1) is 0 Å². The lowest BCUT2D eigenvalue weighted by atomic mass is 10.0. The molecule has 0 saturated heterocycles. The van der Waals surface area contributed by atoms with Crippen molar-refractivity contribution < 1.29 is 13.9 Å². The van der Waals surface area contributed by atoms with Crippen LogP contribution >= 0.6 is 0 Å². The molecule has 1 amide bonds. The Morgan fingerprint density at radius 1 is 1.03 bits per heavy atom. The highest BCUT2D eigenvalue weighted by Gasteiger charge is 2.19. The number of benzene rings is 2. The molecule has 146 valence electrons. The van der Waals surface area contributed by atoms with E-state index in [-0.39, 0.29) is 24.3 Å². The van der Waals surface area contributed by atoms with Crippen molar-refractivity contribution in [2.24, 2.45) is 0 Å². The minimum absolute atomic E-state index is 0.232. The topological polar surface area (TPSA) is 80.2 Å². The number of carbonyl (C=O) groups excluding carboxylic acids is 1. The fraction of sp³-hybridized carbons (Fsp3) is 0.130. The highest BCUT2D eigenvalue weighted by atomic mass is 16.5. The fourth-order valence-electron chi connectivity index (χ4n) is 3.02. The number of furan rings is 1. The Balaban J connectivity index is 1.43. The molecule has 6 heteroatoms. The van der Waals surface area contributed by atoms with Gasteiger partial charge < -0.3 is 19.5 Å². The molecule has 1 atom stereocenters. The van der Waals surface area contributed by atoms with Crippen molar-refractivity contribution in [3.8, 4) is 5.75 Å². The van der Waals surface area contributed by atoms with Gasteiger partial charge in [0.2, 0.25) is 0 Å². The predicted octanol–water partition coefficient (Wildman–Crippen LogP) is 4.30. The molecule has 29 heavy (non-hydrogen) atoms. The standard InChI is InChI=1S/C23H21N3O3/c27-23(21-12-11-19(29-21)16-28-18-9-5-2-6-10-18)26-20(15-22-24-13-14-25-22)17-7-3-1-4-8-17/h1-14,20H,15-16H2,(H,24,25)(H,26,27)/t20-/m1/s1. The molecule has 2 aromatic heterocycles. The number of para-hydroxylation sites is 1. The maximum atomic E-state index is 12.8. The summed E-state index contributed by atoms with van der Waals surface area (Å²) in [6.07, 6.45) is 4.02. The van der Waals surface area contributed by atoms with Crippen LogP contribution in [-0.2, 0) is 13.0 Å². The number of nitrogens with one attached hydrogen (secondary N) is 2. The first-order valence-corrected chi connectivity index (χ1v) is 9.38. The Kier molecular flexibility index (Phi) is 5.71. The Labute approximate surface area is 168 Å². The van der Waals surface area contributed by atoms with Gasteiger partial charge >= 0.3 is 0 Å². The van der Waals surface area contributed by atoms with Gasteiger partial charge in [-0.3, -0.25) is 4.79 Å². The minimum atomic E-state index is -0.281. The highest BCUT2D eigenvalue weighted by Crippen LogP contribution is 2.19. The average molecular weight is 387 g/mol. The van der Waals surface area contributed by atoms with Crippen LogP contribution in [0.15, 0.2) is 89.6 Å². The predicted molar refractivity (Wildman–Crippen MR) is 108 cm³/mol. The molecule has 6 nitrogen and oxygen atoms in total. The van der Waals surface area contributed by atoms with Gasteiger partial charge in [-0.2, -0.15) is 0 Å². The van der Waals surface area contributed by atoms with Gasteiger partial charge in [0, 0.05) is 18.8 Å². The van der Waals surface area contributed by atoms with E-state index in [2.05, 4.69) is 15.3 Å². The lowest BCUT2D eigenvalue weighted by Crippen LogP contribution is -2.30. The van der Waals surface area contributed by atoms with E-state index in [1.165, 1.54) is 0 Å². The van der Waals surface area contributed by atoms with Crippen molar-refractivity contribution in [3.05, 3.63) is 108 Å². The molecule has 0 aliphatic rings. The van der Waals surface area contributed by atoms with Gasteiger partial charge in [0.1, 0.15) is 23.9 Å². The summed E-state index contributed by atoms with van der Waals surface area (Å²) in [5, 5.41) is 3.04. The third-order valence-corrected chi connectivity index (χ3v) is 4.47. The summed E-state index contributed by atoms with van der Waals surface area (Å²) in [6, 6.07) is 22.5. The van der Waals surface area contributed by atoms with Gasteiger partial charge in [0.15, 0.2) is 5.76 Å². The number of nitrogens with zero attached hydrogens (tertiary/aromatic N) is 1. The molecular formula is C23H21N3O3. The second kappa shape index (κ2) is 8.93. The first kappa shape index (κ1) is 18.6. The van der Waals surface area contributed by atoms with Gasteiger partial charge in [-0.25, -0.2) is 4.98 Å². The van der Waals surface area contributed by atoms with Crippen molar-refractivity contribution in [3.63, 3.8) is 0 Å². The number of hydrogen-bond donors (Lipinski definition) is 2. The first-order chi connectivity index (χ1) is 14.3. The molecule has 4 aromatic rings. The fourth-order valence-corrected chi connectivity index (χ4v) is 3.02. The van der Waals surface area contributed by atoms with Crippen LogP contribution in [-0.4, -0.2) is 15.9 Å². The van der Waals surface area contributed by atoms with Crippen LogP contribution in [0.2, 0.25) is 0 Å². The number of imidazole rings is 1. The summed E-state index contributed by atoms with van der Waals surface area (Å²) in [6.45, 7) is 0.256. The van der Waals surface area contributed by atoms with Crippen LogP contribution in [0.5, 0.6) is 5.75 Å². The lowest BCUT2D eigenvalue weighted by molar-refractivity contribution is 0.0904. The second-order valence-corrected chi connectivity index (χ2v) is 6.54. The normalized spacial score (nSPS) is 11.7. The zero-order valence-electron chi connectivity index (χ0n) is 15.7. The van der Waals surface area contributed by atoms with Gasteiger partial charge in [-0.1, -0.05) is 48.5 Å². The molecule has 0 fully saturated rings. The van der Waals surface area contributed by atoms with E-state index < -0.39 is 0 Å². The molecule has 2 aromatic carbocycles. The number of carbonyl (C=O) groups is 1. The number of ether oxygens (including phenoxy) is 1. The summed E-state index contributed by atoms with van der Waals surface area (Å²) < 4.78 is 11.3. The van der Waals surface area contributed by atoms with E-state index >= 15 is 0 Å². The van der Waals surface area contributed by atoms with E-state index in [0.717, 1.165) is 17.1 Å². The average Bonchev–Trinajstić information content (AvgIpc) is 3.45. The van der Waals surface area contributed by atoms with Crippen LogP contribution in [0.3, 0.4) is 0 Å². The molecule has 2 heterocycles. The van der Waals surface area contributed by atoms with Gasteiger partial charge in [0.05, 0.1) is 6.04 Å². The van der Waals surface area contributed by atoms with E-state index in [1.807, 2.05) is 60.7 Å². The van der Waals surface area contributed by atoms with Crippen molar-refractivity contribution >= 4 is 5.91 Å². The zero-order valence-corrected chi connectivity index (χ0v) is 15.7. The number of hydrogen-bond acceptors (Lipinski definition) is 4. The summed E-state index contributed by atoms with van der Waals surface area (Å²) in [5.74, 6) is 2.10. The largest absolute Gasteiger partial charge is 0.486 e. The maximum absolute atomic E-state index is 12.8. The van der Waals surface area contributed by atoms with E-state index in [1.54, 1.807) is 24.5 Å². The van der Waals surface area contributed by atoms with Crippen LogP contribution in [0, 0.1) is 0 Å². The zero-order chi connectivity index (χ0) is 19.9. The van der Waals surface area contributed by atoms with E-state index in [0.29, 0.717) is 12.2 Å². The Morgan fingerprint density at radius 3 is 2.52 bits per heavy atom. The maximum Gasteiger partial charge on any atom is 0.287 e. The second-order valence-electron chi connectivity index (χ2n) is 6.54. The Morgan fingerprint density at radius 2 is 1.79 bits per heavy atom. The summed E-state index contributed by atoms with van der Waals surface area (Å²) in [4.78, 5) is 20.1. The first-order valence-electron chi connectivity index (χ1n) is 9.38. The SMILES string of the molecule is O=C(N[C@H](Cc1ncc[nH]1)c1ccccc1)c1ccc(COc2ccccc2)o1. The molecule has 0 unspecified atom stereocenters. The molecule has 0 aliphatic carbocycles. The number of aromatic amines is 1. The van der Waals surface area contributed by atoms with Gasteiger partial charge in [-0.05, 0) is 29.8 Å². The van der Waals surface area contributed by atoms with Crippen LogP contribution in [0.25, 0.3) is 0 Å². The van der Waals surface area contributed by atoms with Gasteiger partial charge in [0.25, 0.3) is 5.91 Å². The lowest BCUT2D eigenvalue weighted by Gasteiger charge is -2.17. The third-order valence-electron chi connectivity index (χ3n) is 4.47. The third kappa shape index (κ3) is 4.93. The van der Waals surface area contributed by atoms with E-state index in [4.69, 9.17) is 9.15 Å². The molecule has 2 N–H and O–H groups in total. The molecule has 0 bridgehead atoms. The number of rotatable bonds is 8. The smallest absolute Gasteiger partial charge is 0.287 e. The molecule has 4 rings (SSSR count). The molecule has 0 saturated carbocycles. The van der Waals surface area contributed by atoms with Crippen molar-refractivity contribution in [1.82, 2.24) is 15.3 Å². The number of H-pyrrole nitrogens is 1. The summed E-state index contributed by atoms with van der Waals surface area (Å²) in [7, 11) is 0. The Hall–Kier alpha value is -3.80. The minimum Gasteiger partial charge on any atom is -0.486 e. The van der Waals surface area contributed by atoms with Crippen LogP contribution in [0.1, 0.15) is 33.7 Å². The number of amides is 1. The van der Waals surface area contributed by atoms with Crippen LogP contribution in [0.4, 0.5) is 0 Å². The van der Waals surface area contributed by atoms with E-state index in [9.17, 15) is 4.79 Å². The highest BCUT2D eigenvalue weighted by molar-refractivity contribution is 5.91. The monoisotopic (exact) mass is 387 g/mol. The van der Waals surface area contributed by atoms with Crippen LogP contribution < -0.4 is 10.1 Å². The molecule has 0 aliphatic heterocycles. The van der Waals surface area contributed by atoms with Crippen molar-refractivity contribution in [2.75, 3.05) is 0 Å². The summed E-state index contributed by atoms with van der Waals surface area (Å²) >= 11 is 0. The molecule has 0 spiro atoms. The number of aromatic nitrogens is 2. The van der Waals surface area contributed by atoms with Crippen molar-refractivity contribution in [2.45, 2.75) is 19.1 Å². The molecule has 0 radical (unpaired) electrons. The summed E-state index contributed by atoms with van der Waals surface area (Å²) in [5.41, 5.74) is 0.997. The quantitative estimate of drug-likeness (QED) is 0.472.